The van der Waals surface area contributed by atoms with Crippen molar-refractivity contribution in [2.24, 2.45) is 0 Å². The minimum Gasteiger partial charge on any atom is -0.300 e. The van der Waals surface area contributed by atoms with Gasteiger partial charge in [-0.25, -0.2) is 4.98 Å². The zero-order valence-electron chi connectivity index (χ0n) is 9.95. The molecule has 0 aromatic carbocycles. The minimum absolute atomic E-state index is 0.869. The van der Waals surface area contributed by atoms with Crippen LogP contribution in [-0.4, -0.2) is 14.4 Å². The van der Waals surface area contributed by atoms with Crippen LogP contribution >= 0.6 is 11.3 Å². The van der Waals surface area contributed by atoms with Gasteiger partial charge in [0, 0.05) is 18.6 Å². The van der Waals surface area contributed by atoms with Crippen LogP contribution in [0.5, 0.6) is 0 Å². The molecule has 0 amide bonds. The van der Waals surface area contributed by atoms with Crippen LogP contribution in [0.3, 0.4) is 0 Å². The molecule has 1 aliphatic heterocycles. The summed E-state index contributed by atoms with van der Waals surface area (Å²) >= 11 is 1.83. The first-order valence-corrected chi connectivity index (χ1v) is 6.95. The van der Waals surface area contributed by atoms with Gasteiger partial charge in [0.1, 0.15) is 15.9 Å². The summed E-state index contributed by atoms with van der Waals surface area (Å²) in [6, 6.07) is 6.24. The first-order valence-electron chi connectivity index (χ1n) is 6.13. The predicted molar refractivity (Wildman–Crippen MR) is 73.1 cm³/mol. The minimum atomic E-state index is 0.869. The number of hydrogen-bond acceptors (Lipinski definition) is 3. The molecule has 4 aromatic heterocycles. The lowest BCUT2D eigenvalue weighted by molar-refractivity contribution is -0.641. The molecule has 5 heterocycles. The number of nitrogens with zero attached hydrogens (tertiary/aromatic N) is 4. The van der Waals surface area contributed by atoms with Crippen LogP contribution in [0.1, 0.15) is 5.69 Å². The second kappa shape index (κ2) is 3.19. The third-order valence-corrected chi connectivity index (χ3v) is 4.82. The van der Waals surface area contributed by atoms with E-state index in [1.807, 2.05) is 36.1 Å². The van der Waals surface area contributed by atoms with Crippen molar-refractivity contribution in [3.8, 4) is 10.6 Å². The molecule has 0 saturated carbocycles. The summed E-state index contributed by atoms with van der Waals surface area (Å²) in [4.78, 5) is 8.65. The molecule has 0 radical (unpaired) electrons. The molecule has 90 valence electrons. The standard InChI is InChI=1S/C14H9N4S/c1-2-9-10(16-4-1)6-18-13-11-3-5-15-8-17(11)7-12(13)19-14(9)18/h1-5,7-8H,6H2/q+1. The third kappa shape index (κ3) is 1.11. The van der Waals surface area contributed by atoms with Crippen LogP contribution in [0, 0.1) is 0 Å². The van der Waals surface area contributed by atoms with E-state index in [0.29, 0.717) is 0 Å². The van der Waals surface area contributed by atoms with Crippen LogP contribution < -0.4 is 4.57 Å². The maximum atomic E-state index is 4.48. The molecule has 0 spiro atoms. The number of pyridine rings is 1. The van der Waals surface area contributed by atoms with Gasteiger partial charge in [0.05, 0.1) is 11.9 Å². The highest BCUT2D eigenvalue weighted by molar-refractivity contribution is 7.21. The van der Waals surface area contributed by atoms with Crippen LogP contribution in [0.2, 0.25) is 0 Å². The van der Waals surface area contributed by atoms with Crippen LogP contribution in [0.15, 0.2) is 43.1 Å². The van der Waals surface area contributed by atoms with E-state index in [-0.39, 0.29) is 0 Å². The second-order valence-corrected chi connectivity index (χ2v) is 5.74. The van der Waals surface area contributed by atoms with Crippen molar-refractivity contribution in [3.05, 3.63) is 48.8 Å². The maximum absolute atomic E-state index is 4.48. The van der Waals surface area contributed by atoms with Gasteiger partial charge in [-0.3, -0.25) is 4.98 Å². The second-order valence-electron chi connectivity index (χ2n) is 4.71. The van der Waals surface area contributed by atoms with E-state index in [2.05, 4.69) is 37.3 Å². The molecule has 1 aliphatic rings. The average Bonchev–Trinajstić information content (AvgIpc) is 3.05. The van der Waals surface area contributed by atoms with Crippen molar-refractivity contribution in [2.75, 3.05) is 0 Å². The number of hydrogen-bond donors (Lipinski definition) is 0. The number of aromatic nitrogens is 4. The highest BCUT2D eigenvalue weighted by Gasteiger charge is 2.34. The predicted octanol–water partition coefficient (Wildman–Crippen LogP) is 2.26. The lowest BCUT2D eigenvalue weighted by Gasteiger charge is -1.90. The maximum Gasteiger partial charge on any atom is 0.272 e. The van der Waals surface area contributed by atoms with E-state index in [0.717, 1.165) is 6.54 Å². The Morgan fingerprint density at radius 2 is 2.26 bits per heavy atom. The highest BCUT2D eigenvalue weighted by atomic mass is 32.1. The third-order valence-electron chi connectivity index (χ3n) is 3.67. The van der Waals surface area contributed by atoms with Gasteiger partial charge in [0.15, 0.2) is 6.54 Å². The van der Waals surface area contributed by atoms with Gasteiger partial charge in [0.2, 0.25) is 5.52 Å². The van der Waals surface area contributed by atoms with Crippen molar-refractivity contribution in [3.63, 3.8) is 0 Å². The van der Waals surface area contributed by atoms with Crippen molar-refractivity contribution >= 4 is 27.1 Å². The molecule has 5 rings (SSSR count). The summed E-state index contributed by atoms with van der Waals surface area (Å²) in [6.07, 6.45) is 7.73. The zero-order valence-corrected chi connectivity index (χ0v) is 10.8. The van der Waals surface area contributed by atoms with Gasteiger partial charge in [-0.1, -0.05) is 11.3 Å². The Kier molecular flexibility index (Phi) is 1.62. The van der Waals surface area contributed by atoms with Gasteiger partial charge in [-0.15, -0.1) is 0 Å². The Balaban J connectivity index is 1.94. The van der Waals surface area contributed by atoms with Crippen LogP contribution in [-0.2, 0) is 6.54 Å². The van der Waals surface area contributed by atoms with Gasteiger partial charge >= 0.3 is 0 Å². The SMILES string of the molecule is c1cnc2c(c1)-c1sc3cn4cnccc4c3[n+]1C2. The van der Waals surface area contributed by atoms with Gasteiger partial charge in [0.25, 0.3) is 5.01 Å². The van der Waals surface area contributed by atoms with Gasteiger partial charge in [-0.2, -0.15) is 4.57 Å². The van der Waals surface area contributed by atoms with Crippen LogP contribution in [0.4, 0.5) is 0 Å². The fourth-order valence-electron chi connectivity index (χ4n) is 2.86. The summed E-state index contributed by atoms with van der Waals surface area (Å²) in [5.41, 5.74) is 4.95. The lowest BCUT2D eigenvalue weighted by Crippen LogP contribution is -2.30. The number of fused-ring (bicyclic) bond motifs is 7. The van der Waals surface area contributed by atoms with E-state index >= 15 is 0 Å². The molecule has 0 bridgehead atoms. The molecule has 19 heavy (non-hydrogen) atoms. The van der Waals surface area contributed by atoms with Crippen molar-refractivity contribution in [1.29, 1.82) is 0 Å². The van der Waals surface area contributed by atoms with Crippen molar-refractivity contribution in [1.82, 2.24) is 14.4 Å². The summed E-state index contributed by atoms with van der Waals surface area (Å²) < 4.78 is 5.76. The molecule has 5 heteroatoms. The number of thiazole rings is 1. The summed E-state index contributed by atoms with van der Waals surface area (Å²) in [5, 5.41) is 1.31. The highest BCUT2D eigenvalue weighted by Crippen LogP contribution is 2.36. The van der Waals surface area contributed by atoms with E-state index in [4.69, 9.17) is 0 Å². The van der Waals surface area contributed by atoms with Gasteiger partial charge < -0.3 is 4.40 Å². The Labute approximate surface area is 112 Å². The molecular formula is C14H9N4S+. The first-order chi connectivity index (χ1) is 9.42. The zero-order chi connectivity index (χ0) is 12.4. The molecule has 0 fully saturated rings. The van der Waals surface area contributed by atoms with E-state index in [1.165, 1.54) is 32.0 Å². The van der Waals surface area contributed by atoms with Crippen molar-refractivity contribution in [2.45, 2.75) is 6.54 Å². The Morgan fingerprint density at radius 1 is 1.26 bits per heavy atom. The monoisotopic (exact) mass is 265 g/mol. The molecule has 0 N–H and O–H groups in total. The molecular weight excluding hydrogens is 256 g/mol. The smallest absolute Gasteiger partial charge is 0.272 e. The molecule has 0 unspecified atom stereocenters. The lowest BCUT2D eigenvalue weighted by atomic mass is 10.2. The molecule has 0 saturated heterocycles. The topological polar surface area (TPSA) is 34.1 Å². The van der Waals surface area contributed by atoms with Gasteiger partial charge in [-0.05, 0) is 18.2 Å². The number of rotatable bonds is 0. The fourth-order valence-corrected chi connectivity index (χ4v) is 4.10. The molecule has 0 atom stereocenters. The molecule has 0 aliphatic carbocycles. The van der Waals surface area contributed by atoms with Crippen LogP contribution in [0.25, 0.3) is 26.3 Å². The van der Waals surface area contributed by atoms with Crippen molar-refractivity contribution < 1.29 is 4.57 Å². The van der Waals surface area contributed by atoms with E-state index < -0.39 is 0 Å². The molecule has 4 nitrogen and oxygen atoms in total. The average molecular weight is 265 g/mol. The summed E-state index contributed by atoms with van der Waals surface area (Å²) in [6.45, 7) is 0.869. The molecule has 4 aromatic rings. The largest absolute Gasteiger partial charge is 0.300 e. The normalized spacial score (nSPS) is 13.1. The Morgan fingerprint density at radius 3 is 3.26 bits per heavy atom. The quantitative estimate of drug-likeness (QED) is 0.402. The van der Waals surface area contributed by atoms with E-state index in [9.17, 15) is 0 Å². The fraction of sp³-hybridized carbons (Fsp3) is 0.0714. The Hall–Kier alpha value is -2.27. The van der Waals surface area contributed by atoms with E-state index in [1.54, 1.807) is 0 Å². The summed E-state index contributed by atoms with van der Waals surface area (Å²) in [7, 11) is 0. The first kappa shape index (κ1) is 9.63. The summed E-state index contributed by atoms with van der Waals surface area (Å²) in [5.74, 6) is 0. The Bertz CT molecular complexity index is 951.